The Hall–Kier alpha value is -2.16. The number of hydrogen-bond donors (Lipinski definition) is 1. The number of rotatable bonds is 11. The van der Waals surface area contributed by atoms with Crippen LogP contribution < -0.4 is 5.32 Å². The largest absolute Gasteiger partial charge is 0.454 e. The average molecular weight is 524 g/mol. The van der Waals surface area contributed by atoms with Crippen molar-refractivity contribution in [2.24, 2.45) is 5.92 Å². The predicted octanol–water partition coefficient (Wildman–Crippen LogP) is 4.46. The van der Waals surface area contributed by atoms with Gasteiger partial charge in [-0.15, -0.1) is 0 Å². The molecule has 0 aromatic carbocycles. The van der Waals surface area contributed by atoms with Crippen molar-refractivity contribution in [3.63, 3.8) is 0 Å². The summed E-state index contributed by atoms with van der Waals surface area (Å²) in [4.78, 5) is 35.8. The molecular weight excluding hydrogens is 486 g/mol. The lowest BCUT2D eigenvalue weighted by molar-refractivity contribution is -0.186. The molecule has 2 saturated heterocycles. The van der Waals surface area contributed by atoms with E-state index in [9.17, 15) is 14.4 Å². The lowest BCUT2D eigenvalue weighted by Crippen LogP contribution is -2.43. The molecule has 0 unspecified atom stereocenters. The summed E-state index contributed by atoms with van der Waals surface area (Å²) in [6.45, 7) is 8.94. The van der Waals surface area contributed by atoms with Crippen LogP contribution in [0.2, 0.25) is 0 Å². The first-order valence-electron chi connectivity index (χ1n) is 12.8. The summed E-state index contributed by atoms with van der Waals surface area (Å²) in [6.07, 6.45) is 10.8. The number of fused-ring (bicyclic) bond motifs is 2. The average Bonchev–Trinajstić information content (AvgIpc) is 3.53. The lowest BCUT2D eigenvalue weighted by atomic mass is 9.86. The molecule has 8 nitrogen and oxygen atoms in total. The molecule has 2 heterocycles. The van der Waals surface area contributed by atoms with E-state index in [4.69, 9.17) is 30.5 Å². The van der Waals surface area contributed by atoms with Crippen molar-refractivity contribution < 1.29 is 33.3 Å². The first-order chi connectivity index (χ1) is 17.0. The quantitative estimate of drug-likeness (QED) is 0.140. The van der Waals surface area contributed by atoms with Gasteiger partial charge in [0.25, 0.3) is 0 Å². The van der Waals surface area contributed by atoms with Crippen molar-refractivity contribution in [1.82, 2.24) is 5.32 Å². The molecule has 1 N–H and O–H groups in total. The molecule has 200 valence electrons. The summed E-state index contributed by atoms with van der Waals surface area (Å²) in [6, 6.07) is -0.608. The van der Waals surface area contributed by atoms with E-state index in [2.05, 4.69) is 25.2 Å². The molecule has 0 bridgehead atoms. The number of carbonyl (C=O) groups excluding carboxylic acids is 3. The smallest absolute Gasteiger partial charge is 0.305 e. The number of ether oxygens (including phenoxy) is 4. The number of epoxide rings is 1. The van der Waals surface area contributed by atoms with Crippen LogP contribution >= 0.6 is 11.6 Å². The Labute approximate surface area is 218 Å². The Bertz CT molecular complexity index is 929. The number of hydrogen-bond acceptors (Lipinski definition) is 7. The highest BCUT2D eigenvalue weighted by Crippen LogP contribution is 2.52. The van der Waals surface area contributed by atoms with Gasteiger partial charge in [0, 0.05) is 26.3 Å². The summed E-state index contributed by atoms with van der Waals surface area (Å²) in [5, 5.41) is 3.17. The number of allylic oxidation sites excluding steroid dienone is 3. The first kappa shape index (κ1) is 28.4. The number of halogens is 1. The van der Waals surface area contributed by atoms with Crippen molar-refractivity contribution >= 4 is 29.4 Å². The summed E-state index contributed by atoms with van der Waals surface area (Å²) in [5.41, 5.74) is 0.0139. The fourth-order valence-electron chi connectivity index (χ4n) is 4.97. The van der Waals surface area contributed by atoms with E-state index >= 15 is 0 Å². The third kappa shape index (κ3) is 7.43. The van der Waals surface area contributed by atoms with Gasteiger partial charge in [0.1, 0.15) is 17.8 Å². The van der Waals surface area contributed by atoms with E-state index in [0.717, 1.165) is 12.0 Å². The Balaban J connectivity index is 1.63. The normalized spacial score (nSPS) is 32.1. The molecular formula is C27H38ClNO7. The Kier molecular flexibility index (Phi) is 9.78. The molecule has 1 spiro atoms. The summed E-state index contributed by atoms with van der Waals surface area (Å²) < 4.78 is 22.5. The second kappa shape index (κ2) is 12.4. The van der Waals surface area contributed by atoms with E-state index < -0.39 is 48.2 Å². The molecule has 3 aliphatic rings. The fraction of sp³-hybridized carbons (Fsp3) is 0.667. The van der Waals surface area contributed by atoms with Gasteiger partial charge in [0.15, 0.2) is 6.10 Å². The minimum Gasteiger partial charge on any atom is -0.454 e. The number of unbranched alkanes of at least 4 members (excludes halogenated alkanes) is 3. The second-order valence-electron chi connectivity index (χ2n) is 10.0. The molecule has 7 atom stereocenters. The standard InChI is InChI=1S/C27H38ClNO7/c1-6-7-8-9-10-16(2)13-17(3)11-12-22(32)29-21-15-27(36-26(21)34-19(5)31)14-20(28)23(33-18(4)30)24-25(27)35-24/h11-14,16,21,23-26H,6-10,15H2,1-5H3,(H,29,32)/b12-11+,17-13+/t16-,21+,23-,24-,25-,26-,27-/m1/s1. The Morgan fingerprint density at radius 1 is 1.17 bits per heavy atom. The maximum Gasteiger partial charge on any atom is 0.305 e. The molecule has 1 amide bonds. The lowest BCUT2D eigenvalue weighted by Gasteiger charge is -2.29. The second-order valence-corrected chi connectivity index (χ2v) is 10.5. The van der Waals surface area contributed by atoms with Crippen LogP contribution in [0.4, 0.5) is 0 Å². The molecule has 1 aliphatic carbocycles. The van der Waals surface area contributed by atoms with Crippen molar-refractivity contribution in [2.75, 3.05) is 0 Å². The first-order valence-corrected chi connectivity index (χ1v) is 13.2. The van der Waals surface area contributed by atoms with E-state index in [1.54, 1.807) is 12.2 Å². The van der Waals surface area contributed by atoms with Gasteiger partial charge in [-0.2, -0.15) is 0 Å². The maximum absolute atomic E-state index is 12.7. The van der Waals surface area contributed by atoms with Gasteiger partial charge in [-0.25, -0.2) is 0 Å². The summed E-state index contributed by atoms with van der Waals surface area (Å²) >= 11 is 6.41. The highest BCUT2D eigenvalue weighted by atomic mass is 35.5. The van der Waals surface area contributed by atoms with Crippen LogP contribution in [0.5, 0.6) is 0 Å². The molecule has 3 rings (SSSR count). The molecule has 9 heteroatoms. The van der Waals surface area contributed by atoms with Gasteiger partial charge in [-0.1, -0.05) is 68.9 Å². The van der Waals surface area contributed by atoms with E-state index in [1.165, 1.54) is 45.6 Å². The monoisotopic (exact) mass is 523 g/mol. The Morgan fingerprint density at radius 2 is 1.89 bits per heavy atom. The number of amides is 1. The molecule has 0 saturated carbocycles. The third-order valence-corrected chi connectivity index (χ3v) is 6.95. The number of esters is 2. The SMILES string of the molecule is CCCCCC[C@@H](C)/C=C(C)/C=C/C(=O)N[C@H]1C[C@@]2(C=C(Cl)[C@@H](OC(C)=O)[C@H]3O[C@H]32)O[C@H]1OC(C)=O. The zero-order chi connectivity index (χ0) is 26.5. The summed E-state index contributed by atoms with van der Waals surface area (Å²) in [5.74, 6) is -0.876. The third-order valence-electron chi connectivity index (χ3n) is 6.62. The molecule has 2 fully saturated rings. The van der Waals surface area contributed by atoms with Crippen LogP contribution in [0.3, 0.4) is 0 Å². The fourth-order valence-corrected chi connectivity index (χ4v) is 5.33. The molecule has 36 heavy (non-hydrogen) atoms. The van der Waals surface area contributed by atoms with Crippen molar-refractivity contribution in [1.29, 1.82) is 0 Å². The van der Waals surface area contributed by atoms with E-state index in [0.29, 0.717) is 12.3 Å². The number of carbonyl (C=O) groups is 3. The van der Waals surface area contributed by atoms with Gasteiger partial charge in [-0.05, 0) is 25.3 Å². The minimum absolute atomic E-state index is 0.280. The predicted molar refractivity (Wildman–Crippen MR) is 135 cm³/mol. The Morgan fingerprint density at radius 3 is 2.56 bits per heavy atom. The number of nitrogens with one attached hydrogen (secondary N) is 1. The van der Waals surface area contributed by atoms with Crippen LogP contribution in [0, 0.1) is 5.92 Å². The van der Waals surface area contributed by atoms with Crippen molar-refractivity contribution in [2.45, 2.75) is 109 Å². The minimum atomic E-state index is -1.00. The van der Waals surface area contributed by atoms with Crippen molar-refractivity contribution in [3.05, 3.63) is 34.9 Å². The van der Waals surface area contributed by atoms with Gasteiger partial charge in [0.05, 0.1) is 11.1 Å². The molecule has 0 radical (unpaired) electrons. The van der Waals surface area contributed by atoms with Gasteiger partial charge >= 0.3 is 11.9 Å². The topological polar surface area (TPSA) is 103 Å². The molecule has 2 aliphatic heterocycles. The van der Waals surface area contributed by atoms with Crippen LogP contribution in [0.1, 0.15) is 73.1 Å². The molecule has 0 aromatic rings. The highest BCUT2D eigenvalue weighted by molar-refractivity contribution is 6.30. The van der Waals surface area contributed by atoms with Crippen molar-refractivity contribution in [3.8, 4) is 0 Å². The zero-order valence-corrected chi connectivity index (χ0v) is 22.5. The van der Waals surface area contributed by atoms with E-state index in [1.807, 2.05) is 6.92 Å². The van der Waals surface area contributed by atoms with Crippen LogP contribution in [-0.4, -0.2) is 54.1 Å². The zero-order valence-electron chi connectivity index (χ0n) is 21.8. The highest BCUT2D eigenvalue weighted by Gasteiger charge is 2.67. The van der Waals surface area contributed by atoms with Crippen LogP contribution in [0.15, 0.2) is 34.9 Å². The van der Waals surface area contributed by atoms with Gasteiger partial charge < -0.3 is 24.3 Å². The van der Waals surface area contributed by atoms with E-state index in [-0.39, 0.29) is 10.9 Å². The van der Waals surface area contributed by atoms with Gasteiger partial charge in [0.2, 0.25) is 12.2 Å². The summed E-state index contributed by atoms with van der Waals surface area (Å²) in [7, 11) is 0. The maximum atomic E-state index is 12.7. The van der Waals surface area contributed by atoms with Crippen LogP contribution in [0.25, 0.3) is 0 Å². The molecule has 0 aromatic heterocycles. The van der Waals surface area contributed by atoms with Gasteiger partial charge in [-0.3, -0.25) is 14.4 Å². The van der Waals surface area contributed by atoms with Crippen LogP contribution in [-0.2, 0) is 33.3 Å².